The Kier molecular flexibility index (Phi) is 10.9. The number of ether oxygens (including phenoxy) is 3. The molecule has 1 amide bonds. The van der Waals surface area contributed by atoms with Crippen LogP contribution in [0.4, 0.5) is 4.79 Å². The maximum absolute atomic E-state index is 12.4. The number of halogens is 1. The molecule has 1 N–H and O–H groups in total. The first-order valence-corrected chi connectivity index (χ1v) is 10.4. The van der Waals surface area contributed by atoms with Crippen molar-refractivity contribution in [1.82, 2.24) is 5.32 Å². The molecule has 0 heterocycles. The lowest BCUT2D eigenvalue weighted by molar-refractivity contribution is -0.182. The van der Waals surface area contributed by atoms with Crippen LogP contribution in [-0.2, 0) is 23.8 Å². The van der Waals surface area contributed by atoms with Crippen LogP contribution in [0, 0.1) is 5.92 Å². The van der Waals surface area contributed by atoms with Gasteiger partial charge in [-0.05, 0) is 33.6 Å². The molecule has 0 radical (unpaired) electrons. The summed E-state index contributed by atoms with van der Waals surface area (Å²) in [4.78, 5) is 36.6. The van der Waals surface area contributed by atoms with Crippen LogP contribution < -0.4 is 5.32 Å². The van der Waals surface area contributed by atoms with Crippen LogP contribution in [0.2, 0.25) is 0 Å². The van der Waals surface area contributed by atoms with Gasteiger partial charge in [0.05, 0.1) is 12.5 Å². The molecule has 0 aliphatic rings. The van der Waals surface area contributed by atoms with Gasteiger partial charge in [-0.2, -0.15) is 0 Å². The molecule has 0 fully saturated rings. The van der Waals surface area contributed by atoms with E-state index in [1.54, 1.807) is 20.8 Å². The first kappa shape index (κ1) is 25.7. The normalized spacial score (nSPS) is 14.7. The molecular weight excluding hydrogens is 465 g/mol. The lowest BCUT2D eigenvalue weighted by Gasteiger charge is -2.29. The van der Waals surface area contributed by atoms with E-state index in [2.05, 4.69) is 34.5 Å². The van der Waals surface area contributed by atoms with E-state index in [1.165, 1.54) is 13.0 Å². The summed E-state index contributed by atoms with van der Waals surface area (Å²) >= 11 is 2.06. The van der Waals surface area contributed by atoms with Gasteiger partial charge in [0.15, 0.2) is 0 Å². The van der Waals surface area contributed by atoms with E-state index in [4.69, 9.17) is 14.2 Å². The Morgan fingerprint density at radius 1 is 1.15 bits per heavy atom. The van der Waals surface area contributed by atoms with E-state index in [9.17, 15) is 14.4 Å². The van der Waals surface area contributed by atoms with E-state index >= 15 is 0 Å². The van der Waals surface area contributed by atoms with Crippen molar-refractivity contribution in [2.45, 2.75) is 71.6 Å². The molecule has 0 saturated heterocycles. The molecule has 0 rings (SSSR count). The van der Waals surface area contributed by atoms with Crippen molar-refractivity contribution in [3.8, 4) is 0 Å². The number of esters is 2. The number of rotatable bonds is 10. The molecule has 8 heteroatoms. The van der Waals surface area contributed by atoms with Crippen LogP contribution in [0.15, 0.2) is 12.7 Å². The zero-order valence-corrected chi connectivity index (χ0v) is 19.3. The number of carbonyl (C=O) groups is 3. The fraction of sp³-hybridized carbons (Fsp3) is 0.737. The summed E-state index contributed by atoms with van der Waals surface area (Å²) in [6.45, 7) is 14.2. The van der Waals surface area contributed by atoms with E-state index in [-0.39, 0.29) is 18.9 Å². The van der Waals surface area contributed by atoms with Crippen molar-refractivity contribution < 1.29 is 28.6 Å². The summed E-state index contributed by atoms with van der Waals surface area (Å²) in [5.41, 5.74) is -2.03. The van der Waals surface area contributed by atoms with Crippen LogP contribution in [0.1, 0.15) is 54.4 Å². The van der Waals surface area contributed by atoms with Gasteiger partial charge in [0.25, 0.3) is 0 Å². The topological polar surface area (TPSA) is 90.9 Å². The van der Waals surface area contributed by atoms with Gasteiger partial charge < -0.3 is 19.5 Å². The second-order valence-electron chi connectivity index (χ2n) is 7.89. The van der Waals surface area contributed by atoms with Gasteiger partial charge in [-0.1, -0.05) is 49.1 Å². The third kappa shape index (κ3) is 11.2. The fourth-order valence-electron chi connectivity index (χ4n) is 2.35. The SMILES string of the molecule is C=CCOC(=O)[C@@](C)(CC(C)C)OC(=O)CC(CI)NC(=O)OC(C)(C)C. The molecule has 2 atom stereocenters. The van der Waals surface area contributed by atoms with Crippen LogP contribution in [0.3, 0.4) is 0 Å². The number of carbonyl (C=O) groups excluding carboxylic acids is 3. The Morgan fingerprint density at radius 2 is 1.74 bits per heavy atom. The molecule has 0 saturated carbocycles. The first-order valence-electron chi connectivity index (χ1n) is 8.88. The molecule has 0 spiro atoms. The maximum atomic E-state index is 12.4. The highest BCUT2D eigenvalue weighted by Crippen LogP contribution is 2.24. The fourth-order valence-corrected chi connectivity index (χ4v) is 2.88. The van der Waals surface area contributed by atoms with Gasteiger partial charge in [0.1, 0.15) is 12.2 Å². The van der Waals surface area contributed by atoms with E-state index < -0.39 is 35.3 Å². The number of alkyl carbamates (subject to hydrolysis) is 1. The summed E-state index contributed by atoms with van der Waals surface area (Å²) in [6.07, 6.45) is 1.09. The second kappa shape index (κ2) is 11.5. The van der Waals surface area contributed by atoms with Gasteiger partial charge in [-0.3, -0.25) is 4.79 Å². The van der Waals surface area contributed by atoms with Gasteiger partial charge in [-0.15, -0.1) is 0 Å². The highest BCUT2D eigenvalue weighted by atomic mass is 127. The van der Waals surface area contributed by atoms with E-state index in [1.807, 2.05) is 13.8 Å². The molecule has 27 heavy (non-hydrogen) atoms. The smallest absolute Gasteiger partial charge is 0.407 e. The molecule has 1 unspecified atom stereocenters. The zero-order chi connectivity index (χ0) is 21.3. The number of nitrogens with one attached hydrogen (secondary N) is 1. The molecule has 0 bridgehead atoms. The van der Waals surface area contributed by atoms with Crippen molar-refractivity contribution in [2.24, 2.45) is 5.92 Å². The Balaban J connectivity index is 4.97. The first-order chi connectivity index (χ1) is 12.3. The summed E-state index contributed by atoms with van der Waals surface area (Å²) in [7, 11) is 0. The zero-order valence-electron chi connectivity index (χ0n) is 17.1. The average molecular weight is 497 g/mol. The Labute approximate surface area is 175 Å². The summed E-state index contributed by atoms with van der Waals surface area (Å²) in [5.74, 6) is -1.10. The molecule has 0 aromatic carbocycles. The van der Waals surface area contributed by atoms with Crippen LogP contribution >= 0.6 is 22.6 Å². The third-order valence-corrected chi connectivity index (χ3v) is 4.28. The highest BCUT2D eigenvalue weighted by molar-refractivity contribution is 14.1. The van der Waals surface area contributed by atoms with Crippen LogP contribution in [0.25, 0.3) is 0 Å². The molecule has 0 aromatic rings. The van der Waals surface area contributed by atoms with Gasteiger partial charge in [-0.25, -0.2) is 9.59 Å². The van der Waals surface area contributed by atoms with Gasteiger partial charge in [0, 0.05) is 10.8 Å². The standard InChI is InChI=1S/C19H32INO6/c1-8-9-25-16(23)19(7,11-13(2)3)26-15(22)10-14(12-20)21-17(24)27-18(4,5)6/h8,13-14H,1,9-12H2,2-7H3,(H,21,24)/t14?,19-/m1/s1. The largest absolute Gasteiger partial charge is 0.459 e. The molecule has 7 nitrogen and oxygen atoms in total. The number of hydrogen-bond acceptors (Lipinski definition) is 6. The predicted molar refractivity (Wildman–Crippen MR) is 112 cm³/mol. The van der Waals surface area contributed by atoms with Gasteiger partial charge in [0.2, 0.25) is 5.60 Å². The lowest BCUT2D eigenvalue weighted by Crippen LogP contribution is -2.45. The summed E-state index contributed by atoms with van der Waals surface area (Å²) < 4.78 is 16.2. The van der Waals surface area contributed by atoms with Crippen molar-refractivity contribution in [3.63, 3.8) is 0 Å². The maximum Gasteiger partial charge on any atom is 0.407 e. The number of hydrogen-bond donors (Lipinski definition) is 1. The molecule has 0 aromatic heterocycles. The second-order valence-corrected chi connectivity index (χ2v) is 8.77. The van der Waals surface area contributed by atoms with Crippen molar-refractivity contribution >= 4 is 40.6 Å². The Hall–Kier alpha value is -1.32. The molecular formula is C19H32INO6. The molecule has 0 aliphatic carbocycles. The summed E-state index contributed by atoms with van der Waals surface area (Å²) in [6, 6.07) is -0.472. The Bertz CT molecular complexity index is 529. The number of alkyl halides is 1. The lowest BCUT2D eigenvalue weighted by atomic mass is 9.94. The summed E-state index contributed by atoms with van der Waals surface area (Å²) in [5, 5.41) is 2.65. The average Bonchev–Trinajstić information content (AvgIpc) is 2.48. The van der Waals surface area contributed by atoms with Crippen molar-refractivity contribution in [2.75, 3.05) is 11.0 Å². The van der Waals surface area contributed by atoms with Gasteiger partial charge >= 0.3 is 18.0 Å². The minimum atomic E-state index is -1.39. The molecule has 0 aliphatic heterocycles. The van der Waals surface area contributed by atoms with Crippen molar-refractivity contribution in [3.05, 3.63) is 12.7 Å². The minimum absolute atomic E-state index is 0.0423. The quantitative estimate of drug-likeness (QED) is 0.163. The molecule has 156 valence electrons. The van der Waals surface area contributed by atoms with E-state index in [0.29, 0.717) is 10.8 Å². The predicted octanol–water partition coefficient (Wildman–Crippen LogP) is 3.78. The minimum Gasteiger partial charge on any atom is -0.459 e. The third-order valence-electron chi connectivity index (χ3n) is 3.22. The highest BCUT2D eigenvalue weighted by Gasteiger charge is 2.40. The Morgan fingerprint density at radius 3 is 2.19 bits per heavy atom. The van der Waals surface area contributed by atoms with E-state index in [0.717, 1.165) is 0 Å². The van der Waals surface area contributed by atoms with Crippen LogP contribution in [-0.4, -0.2) is 46.3 Å². The van der Waals surface area contributed by atoms with Crippen molar-refractivity contribution in [1.29, 1.82) is 0 Å². The number of amides is 1. The monoisotopic (exact) mass is 497 g/mol. The van der Waals surface area contributed by atoms with Crippen LogP contribution in [0.5, 0.6) is 0 Å².